The molecule has 0 bridgehead atoms. The molecule has 0 N–H and O–H groups in total. The number of carbonyl (C=O) groups is 1. The van der Waals surface area contributed by atoms with E-state index in [4.69, 9.17) is 4.74 Å². The van der Waals surface area contributed by atoms with E-state index in [0.29, 0.717) is 16.6 Å². The number of Topliss-reactive ketones (excluding diaryl/α,β-unsaturated/α-hetero) is 1. The molecule has 2 nitrogen and oxygen atoms in total. The summed E-state index contributed by atoms with van der Waals surface area (Å²) >= 11 is 0. The first-order valence-electron chi connectivity index (χ1n) is 10.0. The van der Waals surface area contributed by atoms with Crippen LogP contribution in [0, 0.1) is 5.92 Å². The molecule has 0 amide bonds. The molecule has 0 spiro atoms. The van der Waals surface area contributed by atoms with E-state index >= 15 is 0 Å². The Hall–Kier alpha value is -1.35. The molecule has 0 heterocycles. The highest BCUT2D eigenvalue weighted by Gasteiger charge is 2.59. The van der Waals surface area contributed by atoms with Gasteiger partial charge < -0.3 is 4.74 Å². The maximum Gasteiger partial charge on any atom is 0.198 e. The second-order valence-corrected chi connectivity index (χ2v) is 14.9. The number of ether oxygens (including phenoxy) is 1. The van der Waals surface area contributed by atoms with Crippen LogP contribution < -0.4 is 4.74 Å². The Balaban J connectivity index is 2.58. The predicted octanol–water partition coefficient (Wildman–Crippen LogP) is 6.58. The zero-order chi connectivity index (χ0) is 19.9. The van der Waals surface area contributed by atoms with Crippen molar-refractivity contribution in [2.75, 3.05) is 0 Å². The van der Waals surface area contributed by atoms with Crippen molar-refractivity contribution in [3.05, 3.63) is 41.1 Å². The minimum absolute atomic E-state index is 0.0910. The third-order valence-electron chi connectivity index (χ3n) is 6.92. The number of ketones is 1. The zero-order valence-electron chi connectivity index (χ0n) is 18.0. The summed E-state index contributed by atoms with van der Waals surface area (Å²) in [7, 11) is -2.02. The summed E-state index contributed by atoms with van der Waals surface area (Å²) in [5, 5.41) is 1.16. The fourth-order valence-electron chi connectivity index (χ4n) is 5.53. The predicted molar refractivity (Wildman–Crippen MR) is 113 cm³/mol. The van der Waals surface area contributed by atoms with Crippen molar-refractivity contribution >= 4 is 13.9 Å². The van der Waals surface area contributed by atoms with Crippen LogP contribution in [0.4, 0.5) is 0 Å². The number of carbonyl (C=O) groups excluding carboxylic acids is 1. The molecular formula is C23H36O2Si. The van der Waals surface area contributed by atoms with Gasteiger partial charge in [-0.2, -0.15) is 0 Å². The summed E-state index contributed by atoms with van der Waals surface area (Å²) in [5.74, 6) is 1.10. The largest absolute Gasteiger partial charge is 0.479 e. The molecule has 3 heteroatoms. The molecule has 1 aromatic carbocycles. The molecule has 0 saturated carbocycles. The summed E-state index contributed by atoms with van der Waals surface area (Å²) in [6.07, 6.45) is 0. The van der Waals surface area contributed by atoms with Crippen molar-refractivity contribution in [2.24, 2.45) is 5.92 Å². The molecule has 0 unspecified atom stereocenters. The van der Waals surface area contributed by atoms with E-state index in [1.54, 1.807) is 0 Å². The maximum absolute atomic E-state index is 13.9. The zero-order valence-corrected chi connectivity index (χ0v) is 19.0. The van der Waals surface area contributed by atoms with Gasteiger partial charge in [0.25, 0.3) is 0 Å². The van der Waals surface area contributed by atoms with E-state index in [1.807, 2.05) is 37.3 Å². The molecule has 2 rings (SSSR count). The molecule has 1 aliphatic carbocycles. The van der Waals surface area contributed by atoms with Crippen LogP contribution in [0.15, 0.2) is 41.1 Å². The average molecular weight is 373 g/mol. The van der Waals surface area contributed by atoms with Crippen molar-refractivity contribution in [3.63, 3.8) is 0 Å². The fraction of sp³-hybridized carbons (Fsp3) is 0.609. The van der Waals surface area contributed by atoms with E-state index in [9.17, 15) is 4.79 Å². The molecule has 0 saturated heterocycles. The lowest BCUT2D eigenvalue weighted by Gasteiger charge is -2.44. The van der Waals surface area contributed by atoms with Gasteiger partial charge in [0, 0.05) is 5.92 Å². The van der Waals surface area contributed by atoms with Crippen molar-refractivity contribution in [2.45, 2.75) is 84.5 Å². The second kappa shape index (κ2) is 7.34. The van der Waals surface area contributed by atoms with Crippen LogP contribution in [0.3, 0.4) is 0 Å². The van der Waals surface area contributed by atoms with Crippen molar-refractivity contribution in [3.8, 4) is 5.75 Å². The lowest BCUT2D eigenvalue weighted by molar-refractivity contribution is -0.129. The number of rotatable bonds is 6. The highest BCUT2D eigenvalue weighted by Crippen LogP contribution is 2.53. The number of benzene rings is 1. The highest BCUT2D eigenvalue weighted by atomic mass is 28.3. The Morgan fingerprint density at radius 2 is 1.42 bits per heavy atom. The van der Waals surface area contributed by atoms with Crippen LogP contribution in [0.25, 0.3) is 0 Å². The Labute approximate surface area is 161 Å². The topological polar surface area (TPSA) is 26.3 Å². The normalized spacial score (nSPS) is 24.3. The lowest BCUT2D eigenvalue weighted by Crippen LogP contribution is -2.52. The van der Waals surface area contributed by atoms with Gasteiger partial charge in [-0.25, -0.2) is 0 Å². The van der Waals surface area contributed by atoms with Gasteiger partial charge in [0.05, 0.1) is 8.07 Å². The van der Waals surface area contributed by atoms with Gasteiger partial charge >= 0.3 is 0 Å². The SMILES string of the molecule is CC1=C([Si](C(C)C)(C(C)C)C(C)C)C(=O)[C@](C)(Oc2ccccc2)[C@@H]1C. The number of hydrogen-bond donors (Lipinski definition) is 0. The van der Waals surface area contributed by atoms with Crippen molar-refractivity contribution < 1.29 is 9.53 Å². The van der Waals surface area contributed by atoms with E-state index in [0.717, 1.165) is 10.9 Å². The van der Waals surface area contributed by atoms with Gasteiger partial charge in [-0.1, -0.05) is 72.2 Å². The minimum atomic E-state index is -2.02. The van der Waals surface area contributed by atoms with Crippen LogP contribution in [-0.4, -0.2) is 19.5 Å². The molecule has 1 aliphatic rings. The quantitative estimate of drug-likeness (QED) is 0.527. The summed E-state index contributed by atoms with van der Waals surface area (Å²) in [4.78, 5) is 13.9. The number of para-hydroxylation sites is 1. The first kappa shape index (κ1) is 21.0. The second-order valence-electron chi connectivity index (χ2n) is 9.03. The molecule has 0 aromatic heterocycles. The Morgan fingerprint density at radius 3 is 1.85 bits per heavy atom. The van der Waals surface area contributed by atoms with Crippen LogP contribution >= 0.6 is 0 Å². The molecular weight excluding hydrogens is 336 g/mol. The first-order chi connectivity index (χ1) is 12.0. The van der Waals surface area contributed by atoms with Gasteiger partial charge in [0.15, 0.2) is 11.4 Å². The van der Waals surface area contributed by atoms with Gasteiger partial charge in [0.1, 0.15) is 5.75 Å². The van der Waals surface area contributed by atoms with Gasteiger partial charge in [0.2, 0.25) is 0 Å². The highest BCUT2D eigenvalue weighted by molar-refractivity contribution is 6.94. The summed E-state index contributed by atoms with van der Waals surface area (Å²) in [6, 6.07) is 9.77. The summed E-state index contributed by atoms with van der Waals surface area (Å²) < 4.78 is 6.35. The Kier molecular flexibility index (Phi) is 5.92. The van der Waals surface area contributed by atoms with Crippen LogP contribution in [-0.2, 0) is 4.79 Å². The Morgan fingerprint density at radius 1 is 0.962 bits per heavy atom. The van der Waals surface area contributed by atoms with Gasteiger partial charge in [-0.15, -0.1) is 0 Å². The van der Waals surface area contributed by atoms with E-state index in [-0.39, 0.29) is 11.7 Å². The van der Waals surface area contributed by atoms with E-state index in [1.165, 1.54) is 5.57 Å². The van der Waals surface area contributed by atoms with Crippen LogP contribution in [0.5, 0.6) is 5.75 Å². The van der Waals surface area contributed by atoms with Crippen LogP contribution in [0.1, 0.15) is 62.3 Å². The molecule has 2 atom stereocenters. The summed E-state index contributed by atoms with van der Waals surface area (Å²) in [6.45, 7) is 20.2. The third-order valence-corrected chi connectivity index (χ3v) is 14.1. The minimum Gasteiger partial charge on any atom is -0.479 e. The summed E-state index contributed by atoms with van der Waals surface area (Å²) in [5.41, 5.74) is 2.00. The Bertz CT molecular complexity index is 666. The van der Waals surface area contributed by atoms with E-state index < -0.39 is 13.7 Å². The fourth-order valence-corrected chi connectivity index (χ4v) is 12.8. The van der Waals surface area contributed by atoms with Gasteiger partial charge in [-0.3, -0.25) is 4.79 Å². The maximum atomic E-state index is 13.9. The third kappa shape index (κ3) is 2.98. The number of hydrogen-bond acceptors (Lipinski definition) is 2. The first-order valence-corrected chi connectivity index (χ1v) is 12.2. The van der Waals surface area contributed by atoms with Gasteiger partial charge in [-0.05, 0) is 47.8 Å². The van der Waals surface area contributed by atoms with Crippen LogP contribution in [0.2, 0.25) is 16.6 Å². The molecule has 0 aliphatic heterocycles. The monoisotopic (exact) mass is 372 g/mol. The van der Waals surface area contributed by atoms with E-state index in [2.05, 4.69) is 55.4 Å². The lowest BCUT2D eigenvalue weighted by atomic mass is 9.89. The molecule has 26 heavy (non-hydrogen) atoms. The molecule has 0 radical (unpaired) electrons. The molecule has 144 valence electrons. The molecule has 1 aromatic rings. The van der Waals surface area contributed by atoms with Crippen molar-refractivity contribution in [1.29, 1.82) is 0 Å². The smallest absolute Gasteiger partial charge is 0.198 e. The standard InChI is InChI=1S/C23H36O2Si/c1-15(2)26(16(3)4,17(5)6)21-18(7)19(8)23(9,22(21)24)25-20-13-11-10-12-14-20/h10-17,19H,1-9H3/t19-,23-/m1/s1. The van der Waals surface area contributed by atoms with Crippen molar-refractivity contribution in [1.82, 2.24) is 0 Å². The molecule has 0 fully saturated rings. The average Bonchev–Trinajstić information content (AvgIpc) is 2.71.